The van der Waals surface area contributed by atoms with Crippen LogP contribution < -0.4 is 0 Å². The lowest BCUT2D eigenvalue weighted by molar-refractivity contribution is -0.387. The summed E-state index contributed by atoms with van der Waals surface area (Å²) in [7, 11) is 0. The van der Waals surface area contributed by atoms with Crippen LogP contribution in [-0.4, -0.2) is 9.91 Å². The van der Waals surface area contributed by atoms with Gasteiger partial charge in [-0.2, -0.15) is 0 Å². The number of hydrogen-bond donors (Lipinski definition) is 0. The number of benzene rings is 1. The second-order valence-corrected chi connectivity index (χ2v) is 4.44. The molecule has 0 saturated heterocycles. The quantitative estimate of drug-likeness (QED) is 0.617. The molecular weight excluding hydrogens is 240 g/mol. The van der Waals surface area contributed by atoms with Crippen molar-refractivity contribution in [1.82, 2.24) is 4.98 Å². The average Bonchev–Trinajstić information content (AvgIpc) is 2.58. The Kier molecular flexibility index (Phi) is 3.14. The van der Waals surface area contributed by atoms with Crippen molar-refractivity contribution in [1.29, 1.82) is 0 Å². The predicted octanol–water partition coefficient (Wildman–Crippen LogP) is 3.35. The van der Waals surface area contributed by atoms with Gasteiger partial charge >= 0.3 is 0 Å². The fourth-order valence-electron chi connectivity index (χ4n) is 1.28. The minimum absolute atomic E-state index is 0.0611. The molecule has 17 heavy (non-hydrogen) atoms. The maximum Gasteiger partial charge on any atom is 0.283 e. The van der Waals surface area contributed by atoms with Crippen molar-refractivity contribution >= 4 is 17.4 Å². The van der Waals surface area contributed by atoms with Crippen molar-refractivity contribution in [2.24, 2.45) is 0 Å². The normalized spacial score (nSPS) is 10.5. The van der Waals surface area contributed by atoms with E-state index in [0.29, 0.717) is 10.1 Å². The summed E-state index contributed by atoms with van der Waals surface area (Å²) in [6, 6.07) is 6.52. The van der Waals surface area contributed by atoms with Crippen molar-refractivity contribution < 1.29 is 9.34 Å². The molecule has 1 aromatic heterocycles. The molecule has 5 nitrogen and oxygen atoms in total. The zero-order chi connectivity index (χ0) is 12.4. The second kappa shape index (κ2) is 4.58. The van der Waals surface area contributed by atoms with Gasteiger partial charge in [-0.3, -0.25) is 10.1 Å². The Balaban J connectivity index is 2.33. The molecule has 0 fully saturated rings. The number of para-hydroxylation sites is 1. The van der Waals surface area contributed by atoms with Crippen molar-refractivity contribution in [3.8, 4) is 0 Å². The zero-order valence-electron chi connectivity index (χ0n) is 9.34. The Labute approximate surface area is 102 Å². The minimum atomic E-state index is -0.412. The Hall–Kier alpha value is -1.82. The number of nitro groups is 1. The van der Waals surface area contributed by atoms with Crippen molar-refractivity contribution in [2.75, 3.05) is 0 Å². The van der Waals surface area contributed by atoms with E-state index in [0.717, 1.165) is 23.2 Å². The number of hydrogen-bond acceptors (Lipinski definition) is 5. The van der Waals surface area contributed by atoms with Crippen molar-refractivity contribution in [2.45, 2.75) is 24.0 Å². The Morgan fingerprint density at radius 1 is 1.35 bits per heavy atom. The molecule has 2 rings (SSSR count). The monoisotopic (exact) mass is 250 g/mol. The van der Waals surface area contributed by atoms with Crippen LogP contribution in [0.2, 0.25) is 0 Å². The summed E-state index contributed by atoms with van der Waals surface area (Å²) in [4.78, 5) is 15.1. The fourth-order valence-corrected chi connectivity index (χ4v) is 2.21. The molecule has 1 aromatic carbocycles. The largest absolute Gasteiger partial charge is 0.436 e. The Morgan fingerprint density at radius 3 is 2.65 bits per heavy atom. The molecule has 88 valence electrons. The number of aryl methyl sites for hydroxylation is 2. The van der Waals surface area contributed by atoms with Crippen LogP contribution >= 0.6 is 11.8 Å². The molecule has 0 aliphatic carbocycles. The molecule has 2 aromatic rings. The highest BCUT2D eigenvalue weighted by molar-refractivity contribution is 7.99. The van der Waals surface area contributed by atoms with E-state index < -0.39 is 4.92 Å². The van der Waals surface area contributed by atoms with Gasteiger partial charge in [-0.05, 0) is 31.7 Å². The van der Waals surface area contributed by atoms with Crippen LogP contribution in [0, 0.1) is 24.0 Å². The maximum atomic E-state index is 10.8. The summed E-state index contributed by atoms with van der Waals surface area (Å²) in [6.45, 7) is 3.65. The zero-order valence-corrected chi connectivity index (χ0v) is 10.2. The third kappa shape index (κ3) is 2.47. The first-order chi connectivity index (χ1) is 8.08. The van der Waals surface area contributed by atoms with Gasteiger partial charge in [-0.15, -0.1) is 0 Å². The van der Waals surface area contributed by atoms with Crippen LogP contribution in [0.15, 0.2) is 38.8 Å². The van der Waals surface area contributed by atoms with Crippen LogP contribution in [-0.2, 0) is 0 Å². The smallest absolute Gasteiger partial charge is 0.283 e. The number of oxazole rings is 1. The SMILES string of the molecule is Cc1nc(Sc2ccccc2[N+](=O)[O-])oc1C. The third-order valence-corrected chi connectivity index (χ3v) is 3.18. The molecule has 0 spiro atoms. The van der Waals surface area contributed by atoms with Crippen molar-refractivity contribution in [3.05, 3.63) is 45.8 Å². The van der Waals surface area contributed by atoms with E-state index in [2.05, 4.69) is 4.98 Å². The summed E-state index contributed by atoms with van der Waals surface area (Å²) in [5.74, 6) is 0.728. The number of nitro benzene ring substituents is 1. The third-order valence-electron chi connectivity index (χ3n) is 2.27. The van der Waals surface area contributed by atoms with E-state index >= 15 is 0 Å². The van der Waals surface area contributed by atoms with Crippen molar-refractivity contribution in [3.63, 3.8) is 0 Å². The molecular formula is C11H10N2O3S. The van der Waals surface area contributed by atoms with Gasteiger partial charge in [0.05, 0.1) is 15.5 Å². The molecule has 0 aliphatic rings. The summed E-state index contributed by atoms with van der Waals surface area (Å²) in [6.07, 6.45) is 0. The number of nitrogens with zero attached hydrogens (tertiary/aromatic N) is 2. The van der Waals surface area contributed by atoms with Crippen LogP contribution in [0.1, 0.15) is 11.5 Å². The summed E-state index contributed by atoms with van der Waals surface area (Å²) in [5, 5.41) is 11.3. The lowest BCUT2D eigenvalue weighted by atomic mass is 10.3. The lowest BCUT2D eigenvalue weighted by Gasteiger charge is -1.98. The number of aromatic nitrogens is 1. The molecule has 0 radical (unpaired) electrons. The van der Waals surface area contributed by atoms with Crippen LogP contribution in [0.3, 0.4) is 0 Å². The molecule has 0 N–H and O–H groups in total. The van der Waals surface area contributed by atoms with Gasteiger partial charge in [0.25, 0.3) is 10.9 Å². The molecule has 0 atom stereocenters. The van der Waals surface area contributed by atoms with Crippen LogP contribution in [0.4, 0.5) is 5.69 Å². The standard InChI is InChI=1S/C11H10N2O3S/c1-7-8(2)16-11(12-7)17-10-6-4-3-5-9(10)13(14)15/h3-6H,1-2H3. The average molecular weight is 250 g/mol. The second-order valence-electron chi connectivity index (χ2n) is 3.45. The first-order valence-corrected chi connectivity index (χ1v) is 5.75. The molecule has 0 bridgehead atoms. The molecule has 1 heterocycles. The summed E-state index contributed by atoms with van der Waals surface area (Å²) >= 11 is 1.16. The van der Waals surface area contributed by atoms with Gasteiger partial charge in [0, 0.05) is 6.07 Å². The number of rotatable bonds is 3. The van der Waals surface area contributed by atoms with E-state index in [-0.39, 0.29) is 5.69 Å². The van der Waals surface area contributed by atoms with E-state index in [4.69, 9.17) is 4.42 Å². The van der Waals surface area contributed by atoms with Gasteiger partial charge < -0.3 is 4.42 Å². The van der Waals surface area contributed by atoms with Gasteiger partial charge in [0.2, 0.25) is 0 Å². The topological polar surface area (TPSA) is 69.2 Å². The predicted molar refractivity (Wildman–Crippen MR) is 63.2 cm³/mol. The Bertz CT molecular complexity index is 546. The van der Waals surface area contributed by atoms with E-state index in [9.17, 15) is 10.1 Å². The summed E-state index contributed by atoms with van der Waals surface area (Å²) in [5.41, 5.74) is 0.858. The molecule has 0 aliphatic heterocycles. The Morgan fingerprint density at radius 2 is 2.06 bits per heavy atom. The van der Waals surface area contributed by atoms with E-state index in [1.54, 1.807) is 18.2 Å². The first-order valence-electron chi connectivity index (χ1n) is 4.93. The van der Waals surface area contributed by atoms with E-state index in [1.165, 1.54) is 6.07 Å². The van der Waals surface area contributed by atoms with Gasteiger partial charge in [-0.25, -0.2) is 4.98 Å². The van der Waals surface area contributed by atoms with Crippen LogP contribution in [0.5, 0.6) is 0 Å². The highest BCUT2D eigenvalue weighted by atomic mass is 32.2. The maximum absolute atomic E-state index is 10.8. The molecule has 0 saturated carbocycles. The van der Waals surface area contributed by atoms with E-state index in [1.807, 2.05) is 13.8 Å². The minimum Gasteiger partial charge on any atom is -0.436 e. The molecule has 0 unspecified atom stereocenters. The van der Waals surface area contributed by atoms with Gasteiger partial charge in [0.1, 0.15) is 5.76 Å². The lowest BCUT2D eigenvalue weighted by Crippen LogP contribution is -1.89. The van der Waals surface area contributed by atoms with Gasteiger partial charge in [-0.1, -0.05) is 12.1 Å². The first kappa shape index (κ1) is 11.7. The fraction of sp³-hybridized carbons (Fsp3) is 0.182. The highest BCUT2D eigenvalue weighted by Gasteiger charge is 2.16. The summed E-state index contributed by atoms with van der Waals surface area (Å²) < 4.78 is 5.38. The molecule has 6 heteroatoms. The molecule has 0 amide bonds. The van der Waals surface area contributed by atoms with Crippen LogP contribution in [0.25, 0.3) is 0 Å². The van der Waals surface area contributed by atoms with Gasteiger partial charge in [0.15, 0.2) is 0 Å². The highest BCUT2D eigenvalue weighted by Crippen LogP contribution is 2.34.